The molecule has 1 aromatic carbocycles. The van der Waals surface area contributed by atoms with Crippen LogP contribution in [0.1, 0.15) is 129 Å². The molecule has 2 nitrogen and oxygen atoms in total. The van der Waals surface area contributed by atoms with Gasteiger partial charge in [-0.15, -0.1) is 0 Å². The van der Waals surface area contributed by atoms with Crippen molar-refractivity contribution >= 4 is 0 Å². The van der Waals surface area contributed by atoms with Gasteiger partial charge in [0.2, 0.25) is 0 Å². The van der Waals surface area contributed by atoms with Gasteiger partial charge in [0.05, 0.1) is 0 Å². The van der Waals surface area contributed by atoms with Crippen LogP contribution in [0, 0.1) is 0 Å². The summed E-state index contributed by atoms with van der Waals surface area (Å²) in [5, 5.41) is 0. The van der Waals surface area contributed by atoms with E-state index >= 15 is 0 Å². The summed E-state index contributed by atoms with van der Waals surface area (Å²) in [6.45, 7) is 6.70. The van der Waals surface area contributed by atoms with Gasteiger partial charge in [0.1, 0.15) is 6.17 Å². The van der Waals surface area contributed by atoms with E-state index in [1.54, 1.807) is 0 Å². The van der Waals surface area contributed by atoms with Crippen LogP contribution in [-0.2, 0) is 6.54 Å². The highest BCUT2D eigenvalue weighted by Crippen LogP contribution is 2.24. The number of hydrogen-bond acceptors (Lipinski definition) is 2. The van der Waals surface area contributed by atoms with Gasteiger partial charge in [-0.05, 0) is 25.3 Å². The molecule has 0 aromatic heterocycles. The number of benzene rings is 1. The molecular formula is C30H52N2. The third kappa shape index (κ3) is 11.4. The second kappa shape index (κ2) is 18.0. The molecular weight excluding hydrogens is 388 g/mol. The van der Waals surface area contributed by atoms with Gasteiger partial charge in [0, 0.05) is 25.5 Å². The Labute approximate surface area is 200 Å². The molecule has 0 bridgehead atoms. The van der Waals surface area contributed by atoms with E-state index in [4.69, 9.17) is 0 Å². The van der Waals surface area contributed by atoms with Crippen molar-refractivity contribution in [3.05, 3.63) is 48.3 Å². The fourth-order valence-corrected chi connectivity index (χ4v) is 5.04. The van der Waals surface area contributed by atoms with E-state index in [0.717, 1.165) is 13.1 Å². The molecule has 1 heterocycles. The lowest BCUT2D eigenvalue weighted by molar-refractivity contribution is 0.139. The van der Waals surface area contributed by atoms with E-state index in [2.05, 4.69) is 66.4 Å². The van der Waals surface area contributed by atoms with E-state index in [1.807, 2.05) is 0 Å². The topological polar surface area (TPSA) is 6.48 Å². The summed E-state index contributed by atoms with van der Waals surface area (Å²) in [7, 11) is 0. The highest BCUT2D eigenvalue weighted by molar-refractivity contribution is 5.15. The lowest BCUT2D eigenvalue weighted by Crippen LogP contribution is -2.38. The zero-order valence-electron chi connectivity index (χ0n) is 21.4. The van der Waals surface area contributed by atoms with Crippen LogP contribution in [0.5, 0.6) is 0 Å². The van der Waals surface area contributed by atoms with E-state index in [1.165, 1.54) is 115 Å². The van der Waals surface area contributed by atoms with Crippen molar-refractivity contribution in [1.29, 1.82) is 0 Å². The molecule has 1 unspecified atom stereocenters. The first kappa shape index (κ1) is 26.8. The summed E-state index contributed by atoms with van der Waals surface area (Å²) in [4.78, 5) is 5.04. The molecule has 0 radical (unpaired) electrons. The maximum atomic E-state index is 2.53. The minimum Gasteiger partial charge on any atom is -0.356 e. The Balaban J connectivity index is 1.43. The molecule has 0 spiro atoms. The van der Waals surface area contributed by atoms with Crippen molar-refractivity contribution in [3.8, 4) is 0 Å². The molecule has 0 saturated carbocycles. The molecule has 1 atom stereocenters. The number of rotatable bonds is 20. The van der Waals surface area contributed by atoms with Gasteiger partial charge in [-0.3, -0.25) is 0 Å². The minimum absolute atomic E-state index is 0.548. The first-order valence-electron chi connectivity index (χ1n) is 14.1. The average molecular weight is 441 g/mol. The summed E-state index contributed by atoms with van der Waals surface area (Å²) in [5.74, 6) is 0. The molecule has 182 valence electrons. The van der Waals surface area contributed by atoms with Crippen molar-refractivity contribution in [2.75, 3.05) is 6.54 Å². The van der Waals surface area contributed by atoms with Crippen molar-refractivity contribution < 1.29 is 0 Å². The summed E-state index contributed by atoms with van der Waals surface area (Å²) in [6, 6.07) is 10.9. The van der Waals surface area contributed by atoms with Crippen LogP contribution in [0.4, 0.5) is 0 Å². The van der Waals surface area contributed by atoms with Crippen molar-refractivity contribution in [1.82, 2.24) is 9.80 Å². The minimum atomic E-state index is 0.548. The molecule has 1 aromatic rings. The zero-order valence-corrected chi connectivity index (χ0v) is 21.4. The normalized spacial score (nSPS) is 15.8. The van der Waals surface area contributed by atoms with Crippen LogP contribution in [0.3, 0.4) is 0 Å². The molecule has 2 rings (SSSR count). The summed E-state index contributed by atoms with van der Waals surface area (Å²) >= 11 is 0. The van der Waals surface area contributed by atoms with Crippen molar-refractivity contribution in [2.24, 2.45) is 0 Å². The van der Waals surface area contributed by atoms with Crippen LogP contribution in [0.2, 0.25) is 0 Å². The molecule has 0 N–H and O–H groups in total. The Morgan fingerprint density at radius 2 is 1.03 bits per heavy atom. The maximum Gasteiger partial charge on any atom is 0.101 e. The molecule has 0 fully saturated rings. The Morgan fingerprint density at radius 1 is 0.562 bits per heavy atom. The summed E-state index contributed by atoms with van der Waals surface area (Å²) < 4.78 is 0. The van der Waals surface area contributed by atoms with Crippen molar-refractivity contribution in [2.45, 2.75) is 136 Å². The third-order valence-electron chi connectivity index (χ3n) is 7.10. The Kier molecular flexibility index (Phi) is 15.1. The Hall–Kier alpha value is -1.44. The second-order valence-corrected chi connectivity index (χ2v) is 9.86. The lowest BCUT2D eigenvalue weighted by atomic mass is 10.0. The molecule has 32 heavy (non-hydrogen) atoms. The van der Waals surface area contributed by atoms with Crippen LogP contribution < -0.4 is 0 Å². The van der Waals surface area contributed by atoms with Gasteiger partial charge in [0.25, 0.3) is 0 Å². The number of hydrogen-bond donors (Lipinski definition) is 0. The van der Waals surface area contributed by atoms with E-state index < -0.39 is 0 Å². The first-order chi connectivity index (χ1) is 15.8. The highest BCUT2D eigenvalue weighted by atomic mass is 15.4. The lowest BCUT2D eigenvalue weighted by Gasteiger charge is -2.32. The summed E-state index contributed by atoms with van der Waals surface area (Å²) in [5.41, 5.74) is 1.41. The fraction of sp³-hybridized carbons (Fsp3) is 0.733. The van der Waals surface area contributed by atoms with Crippen molar-refractivity contribution in [3.63, 3.8) is 0 Å². The van der Waals surface area contributed by atoms with Gasteiger partial charge in [-0.25, -0.2) is 0 Å². The maximum absolute atomic E-state index is 2.53. The monoisotopic (exact) mass is 440 g/mol. The predicted octanol–water partition coefficient (Wildman–Crippen LogP) is 9.27. The zero-order chi connectivity index (χ0) is 22.7. The third-order valence-corrected chi connectivity index (χ3v) is 7.10. The Morgan fingerprint density at radius 3 is 1.53 bits per heavy atom. The highest BCUT2D eigenvalue weighted by Gasteiger charge is 2.24. The van der Waals surface area contributed by atoms with Gasteiger partial charge >= 0.3 is 0 Å². The van der Waals surface area contributed by atoms with Crippen LogP contribution >= 0.6 is 0 Å². The second-order valence-electron chi connectivity index (χ2n) is 9.86. The van der Waals surface area contributed by atoms with Gasteiger partial charge in [-0.2, -0.15) is 0 Å². The quantitative estimate of drug-likeness (QED) is 0.186. The van der Waals surface area contributed by atoms with Gasteiger partial charge < -0.3 is 9.80 Å². The molecule has 1 aliphatic rings. The molecule has 1 aliphatic heterocycles. The predicted molar refractivity (Wildman–Crippen MR) is 141 cm³/mol. The van der Waals surface area contributed by atoms with Gasteiger partial charge in [-0.1, -0.05) is 134 Å². The average Bonchev–Trinajstić information content (AvgIpc) is 3.20. The fourth-order valence-electron chi connectivity index (χ4n) is 5.04. The summed E-state index contributed by atoms with van der Waals surface area (Å²) in [6.07, 6.45) is 29.5. The SMILES string of the molecule is CCCCCCCCCCCCCCCCCCC1N(CC)C=CN1Cc1ccccc1. The Bertz CT molecular complexity index is 567. The van der Waals surface area contributed by atoms with E-state index in [9.17, 15) is 0 Å². The molecule has 0 saturated heterocycles. The van der Waals surface area contributed by atoms with Crippen LogP contribution in [0.15, 0.2) is 42.7 Å². The smallest absolute Gasteiger partial charge is 0.101 e. The van der Waals surface area contributed by atoms with E-state index in [-0.39, 0.29) is 0 Å². The standard InChI is InChI=1S/C30H52N2/c1-3-5-6-7-8-9-10-11-12-13-14-15-16-17-18-22-25-30-31(4-2)26-27-32(30)28-29-23-20-19-21-24-29/h19-21,23-24,26-27,30H,3-18,22,25,28H2,1-2H3. The number of nitrogens with zero attached hydrogens (tertiary/aromatic N) is 2. The van der Waals surface area contributed by atoms with Crippen LogP contribution in [0.25, 0.3) is 0 Å². The van der Waals surface area contributed by atoms with E-state index in [0.29, 0.717) is 6.17 Å². The molecule has 0 aliphatic carbocycles. The number of unbranched alkanes of at least 4 members (excludes halogenated alkanes) is 15. The van der Waals surface area contributed by atoms with Gasteiger partial charge in [0.15, 0.2) is 0 Å². The first-order valence-corrected chi connectivity index (χ1v) is 14.1. The molecule has 0 amide bonds. The van der Waals surface area contributed by atoms with Crippen LogP contribution in [-0.4, -0.2) is 22.5 Å². The largest absolute Gasteiger partial charge is 0.356 e. The molecule has 2 heteroatoms.